The van der Waals surface area contributed by atoms with Crippen LogP contribution >= 0.6 is 11.6 Å². The molecule has 4 aliphatic rings. The zero-order valence-corrected chi connectivity index (χ0v) is 25.7. The van der Waals surface area contributed by atoms with E-state index in [-0.39, 0.29) is 22.9 Å². The molecule has 2 amide bonds. The van der Waals surface area contributed by atoms with Crippen LogP contribution < -0.4 is 20.7 Å². The Morgan fingerprint density at radius 2 is 1.86 bits per heavy atom. The van der Waals surface area contributed by atoms with Crippen LogP contribution in [0.5, 0.6) is 5.75 Å². The molecule has 0 radical (unpaired) electrons. The minimum absolute atomic E-state index is 0.0104. The number of carbonyl (C=O) groups is 2. The third kappa shape index (κ3) is 4.62. The summed E-state index contributed by atoms with van der Waals surface area (Å²) in [7, 11) is 0. The van der Waals surface area contributed by atoms with Crippen molar-refractivity contribution in [3.8, 4) is 5.75 Å². The predicted molar refractivity (Wildman–Crippen MR) is 164 cm³/mol. The van der Waals surface area contributed by atoms with Crippen molar-refractivity contribution >= 4 is 29.1 Å². The van der Waals surface area contributed by atoms with Gasteiger partial charge < -0.3 is 15.4 Å². The second-order valence-corrected chi connectivity index (χ2v) is 13.6. The Bertz CT molecular complexity index is 1350. The molecule has 2 aromatic rings. The summed E-state index contributed by atoms with van der Waals surface area (Å²) >= 11 is 6.37. The summed E-state index contributed by atoms with van der Waals surface area (Å²) in [6.07, 6.45) is 8.36. The second-order valence-electron chi connectivity index (χ2n) is 13.2. The van der Waals surface area contributed by atoms with Gasteiger partial charge in [0.05, 0.1) is 17.7 Å². The van der Waals surface area contributed by atoms with Gasteiger partial charge in [0.1, 0.15) is 17.0 Å². The van der Waals surface area contributed by atoms with E-state index in [0.29, 0.717) is 35.4 Å². The lowest BCUT2D eigenvalue weighted by Crippen LogP contribution is -2.60. The Balaban J connectivity index is 1.47. The van der Waals surface area contributed by atoms with Gasteiger partial charge in [0.25, 0.3) is 0 Å². The van der Waals surface area contributed by atoms with E-state index in [4.69, 9.17) is 16.3 Å². The molecule has 6 rings (SSSR count). The molecule has 2 heterocycles. The van der Waals surface area contributed by atoms with Gasteiger partial charge in [-0.15, -0.1) is 0 Å². The normalized spacial score (nSPS) is 30.0. The van der Waals surface area contributed by atoms with Crippen molar-refractivity contribution < 1.29 is 18.7 Å². The molecule has 3 N–H and O–H groups in total. The average molecular weight is 596 g/mol. The number of hydrogen-bond donors (Lipinski definition) is 3. The van der Waals surface area contributed by atoms with Gasteiger partial charge >= 0.3 is 0 Å². The lowest BCUT2D eigenvalue weighted by atomic mass is 9.55. The van der Waals surface area contributed by atoms with Gasteiger partial charge in [-0.3, -0.25) is 14.9 Å². The highest BCUT2D eigenvalue weighted by Gasteiger charge is 2.72. The van der Waals surface area contributed by atoms with E-state index >= 15 is 4.39 Å². The molecule has 0 bridgehead atoms. The molecule has 0 aromatic heterocycles. The Labute approximate surface area is 253 Å². The fourth-order valence-electron chi connectivity index (χ4n) is 8.70. The Kier molecular flexibility index (Phi) is 8.03. The fraction of sp³-hybridized carbons (Fsp3) is 0.588. The molecule has 2 aliphatic heterocycles. The monoisotopic (exact) mass is 595 g/mol. The average Bonchev–Trinajstić information content (AvgIpc) is 3.43. The highest BCUT2D eigenvalue weighted by molar-refractivity contribution is 6.30. The molecular formula is C34H43ClFN3O3. The topological polar surface area (TPSA) is 79.5 Å². The van der Waals surface area contributed by atoms with Crippen molar-refractivity contribution in [2.24, 2.45) is 11.8 Å². The van der Waals surface area contributed by atoms with Crippen LogP contribution in [0.15, 0.2) is 36.4 Å². The summed E-state index contributed by atoms with van der Waals surface area (Å²) < 4.78 is 21.8. The first-order valence-electron chi connectivity index (χ1n) is 15.8. The minimum Gasteiger partial charge on any atom is -0.494 e. The molecule has 3 fully saturated rings. The highest BCUT2D eigenvalue weighted by atomic mass is 35.5. The number of carbonyl (C=O) groups excluding carboxylic acids is 2. The fourth-order valence-corrected chi connectivity index (χ4v) is 8.88. The smallest absolute Gasteiger partial charge is 0.238 e. The first-order valence-corrected chi connectivity index (χ1v) is 16.2. The van der Waals surface area contributed by atoms with Gasteiger partial charge in [0, 0.05) is 29.3 Å². The third-order valence-corrected chi connectivity index (χ3v) is 11.0. The van der Waals surface area contributed by atoms with E-state index in [1.807, 2.05) is 25.1 Å². The van der Waals surface area contributed by atoms with Crippen molar-refractivity contribution in [1.82, 2.24) is 10.6 Å². The molecule has 1 saturated heterocycles. The first-order chi connectivity index (χ1) is 20.2. The zero-order chi connectivity index (χ0) is 29.6. The minimum atomic E-state index is -1.20. The van der Waals surface area contributed by atoms with Gasteiger partial charge in [-0.25, -0.2) is 4.39 Å². The number of fused-ring (bicyclic) bond motifs is 3. The number of nitrogens with one attached hydrogen (secondary N) is 3. The van der Waals surface area contributed by atoms with Gasteiger partial charge in [-0.1, -0.05) is 62.9 Å². The predicted octanol–water partition coefficient (Wildman–Crippen LogP) is 6.86. The summed E-state index contributed by atoms with van der Waals surface area (Å²) in [6, 6.07) is 9.88. The lowest BCUT2D eigenvalue weighted by molar-refractivity contribution is -0.124. The van der Waals surface area contributed by atoms with Crippen LogP contribution in [0.1, 0.15) is 95.6 Å². The molecule has 2 saturated carbocycles. The maximum absolute atomic E-state index is 16.1. The van der Waals surface area contributed by atoms with E-state index < -0.39 is 28.7 Å². The summed E-state index contributed by atoms with van der Waals surface area (Å²) in [5, 5.41) is 10.2. The number of anilines is 1. The maximum atomic E-state index is 16.1. The van der Waals surface area contributed by atoms with Crippen molar-refractivity contribution in [3.63, 3.8) is 0 Å². The van der Waals surface area contributed by atoms with E-state index in [1.165, 1.54) is 6.07 Å². The van der Waals surface area contributed by atoms with Crippen LogP contribution in [0.4, 0.5) is 10.1 Å². The summed E-state index contributed by atoms with van der Waals surface area (Å²) in [4.78, 5) is 28.9. The molecular weight excluding hydrogens is 553 g/mol. The van der Waals surface area contributed by atoms with Crippen LogP contribution in [0.3, 0.4) is 0 Å². The summed E-state index contributed by atoms with van der Waals surface area (Å²) in [5.41, 5.74) is -0.153. The number of ether oxygens (including phenoxy) is 1. The van der Waals surface area contributed by atoms with E-state index in [2.05, 4.69) is 29.8 Å². The summed E-state index contributed by atoms with van der Waals surface area (Å²) in [5.74, 6) is 0.239. The molecule has 2 spiro atoms. The number of halogens is 2. The van der Waals surface area contributed by atoms with Crippen LogP contribution in [-0.2, 0) is 15.0 Å². The molecule has 0 unspecified atom stereocenters. The molecule has 42 heavy (non-hydrogen) atoms. The van der Waals surface area contributed by atoms with Crippen LogP contribution in [0.2, 0.25) is 5.02 Å². The van der Waals surface area contributed by atoms with Crippen LogP contribution in [0, 0.1) is 17.7 Å². The van der Waals surface area contributed by atoms with Gasteiger partial charge in [0.15, 0.2) is 0 Å². The largest absolute Gasteiger partial charge is 0.494 e. The molecule has 3 atom stereocenters. The molecule has 6 nitrogen and oxygen atoms in total. The Morgan fingerprint density at radius 3 is 2.55 bits per heavy atom. The number of benzene rings is 2. The number of hydrogen-bond acceptors (Lipinski definition) is 4. The first kappa shape index (κ1) is 29.4. The third-order valence-electron chi connectivity index (χ3n) is 10.7. The zero-order valence-electron chi connectivity index (χ0n) is 24.9. The van der Waals surface area contributed by atoms with E-state index in [1.54, 1.807) is 12.1 Å². The molecule has 226 valence electrons. The van der Waals surface area contributed by atoms with Crippen molar-refractivity contribution in [3.05, 3.63) is 58.4 Å². The standard InChI is InChI=1S/C34H43ClFN3O3/c1-4-42-23-15-16-25-27(19-23)38-32(41)34(25)28(24-9-8-10-26(35)29(24)36)30(39-33(34)17-6-5-7-18-33)31(40)37-22-13-11-21(12-14-22)20(2)3/h8-10,15-16,19-22,28,30,39H,4-7,11-14,17-18H2,1-3H3,(H,37,40)(H,38,41)/t21?,22?,28-,30+,34+/m0/s1. The van der Waals surface area contributed by atoms with Crippen molar-refractivity contribution in [1.29, 1.82) is 0 Å². The van der Waals surface area contributed by atoms with Crippen LogP contribution in [0.25, 0.3) is 0 Å². The summed E-state index contributed by atoms with van der Waals surface area (Å²) in [6.45, 7) is 6.95. The molecule has 2 aromatic carbocycles. The van der Waals surface area contributed by atoms with E-state index in [0.717, 1.165) is 63.4 Å². The van der Waals surface area contributed by atoms with Crippen LogP contribution in [-0.4, -0.2) is 36.0 Å². The van der Waals surface area contributed by atoms with Gasteiger partial charge in [-0.2, -0.15) is 0 Å². The van der Waals surface area contributed by atoms with Gasteiger partial charge in [-0.05, 0) is 80.5 Å². The Morgan fingerprint density at radius 1 is 1.12 bits per heavy atom. The quantitative estimate of drug-likeness (QED) is 0.341. The van der Waals surface area contributed by atoms with Crippen molar-refractivity contribution in [2.45, 2.75) is 108 Å². The number of rotatable bonds is 6. The second kappa shape index (κ2) is 11.5. The van der Waals surface area contributed by atoms with E-state index in [9.17, 15) is 9.59 Å². The lowest BCUT2D eigenvalue weighted by Gasteiger charge is -2.47. The van der Waals surface area contributed by atoms with Crippen molar-refractivity contribution in [2.75, 3.05) is 11.9 Å². The molecule has 8 heteroatoms. The Hall–Kier alpha value is -2.64. The van der Waals surface area contributed by atoms with Gasteiger partial charge in [0.2, 0.25) is 11.8 Å². The SMILES string of the molecule is CCOc1ccc2c(c1)NC(=O)[C@]21[C@@H](c2cccc(Cl)c2F)[C@H](C(=O)NC2CCC(C(C)C)CC2)NC12CCCCC2. The highest BCUT2D eigenvalue weighted by Crippen LogP contribution is 2.63. The molecule has 2 aliphatic carbocycles. The number of amides is 2. The maximum Gasteiger partial charge on any atom is 0.238 e.